The van der Waals surface area contributed by atoms with Gasteiger partial charge in [-0.3, -0.25) is 4.98 Å². The van der Waals surface area contributed by atoms with E-state index in [-0.39, 0.29) is 0 Å². The van der Waals surface area contributed by atoms with Gasteiger partial charge in [-0.05, 0) is 38.1 Å². The highest BCUT2D eigenvalue weighted by Crippen LogP contribution is 2.22. The molecule has 4 heteroatoms. The van der Waals surface area contributed by atoms with E-state index in [0.29, 0.717) is 0 Å². The van der Waals surface area contributed by atoms with Gasteiger partial charge in [0.1, 0.15) is 5.52 Å². The molecule has 0 radical (unpaired) electrons. The van der Waals surface area contributed by atoms with Gasteiger partial charge in [-0.2, -0.15) is 0 Å². The van der Waals surface area contributed by atoms with Crippen molar-refractivity contribution in [3.63, 3.8) is 0 Å². The van der Waals surface area contributed by atoms with Crippen molar-refractivity contribution in [2.24, 2.45) is 0 Å². The molecule has 3 rings (SSSR count). The SMILES string of the molecule is C/C=C(\c1cccnc1C)n1nnc2ccccc21. The first-order valence-electron chi connectivity index (χ1n) is 6.20. The highest BCUT2D eigenvalue weighted by atomic mass is 15.4. The predicted molar refractivity (Wildman–Crippen MR) is 75.6 cm³/mol. The maximum Gasteiger partial charge on any atom is 0.113 e. The summed E-state index contributed by atoms with van der Waals surface area (Å²) < 4.78 is 1.86. The van der Waals surface area contributed by atoms with Gasteiger partial charge in [0.15, 0.2) is 0 Å². The second-order valence-electron chi connectivity index (χ2n) is 4.30. The lowest BCUT2D eigenvalue weighted by atomic mass is 10.1. The molecule has 0 aliphatic carbocycles. The molecule has 3 aromatic rings. The van der Waals surface area contributed by atoms with Gasteiger partial charge in [0.2, 0.25) is 0 Å². The standard InChI is InChI=1S/C15H14N4/c1-3-14(12-7-6-10-16-11(12)2)19-15-9-5-4-8-13(15)17-18-19/h3-10H,1-2H3/b14-3+. The molecule has 4 nitrogen and oxygen atoms in total. The van der Waals surface area contributed by atoms with Gasteiger partial charge in [-0.1, -0.05) is 23.4 Å². The maximum absolute atomic E-state index is 4.34. The predicted octanol–water partition coefficient (Wildman–Crippen LogP) is 3.04. The summed E-state index contributed by atoms with van der Waals surface area (Å²) in [5.74, 6) is 0. The Morgan fingerprint density at radius 2 is 2.00 bits per heavy atom. The highest BCUT2D eigenvalue weighted by molar-refractivity contribution is 5.81. The molecule has 0 saturated heterocycles. The zero-order valence-corrected chi connectivity index (χ0v) is 10.9. The number of fused-ring (bicyclic) bond motifs is 1. The molecule has 2 heterocycles. The fourth-order valence-corrected chi connectivity index (χ4v) is 2.19. The zero-order chi connectivity index (χ0) is 13.2. The van der Waals surface area contributed by atoms with Crippen molar-refractivity contribution in [1.82, 2.24) is 20.0 Å². The fraction of sp³-hybridized carbons (Fsp3) is 0.133. The molecule has 0 bridgehead atoms. The minimum Gasteiger partial charge on any atom is -0.261 e. The number of hydrogen-bond donors (Lipinski definition) is 0. The Morgan fingerprint density at radius 1 is 1.16 bits per heavy atom. The number of allylic oxidation sites excluding steroid dienone is 1. The normalized spacial score (nSPS) is 12.0. The van der Waals surface area contributed by atoms with Crippen LogP contribution in [0.1, 0.15) is 18.2 Å². The number of pyridine rings is 1. The number of rotatable bonds is 2. The van der Waals surface area contributed by atoms with E-state index < -0.39 is 0 Å². The van der Waals surface area contributed by atoms with E-state index in [9.17, 15) is 0 Å². The van der Waals surface area contributed by atoms with Crippen LogP contribution in [0.2, 0.25) is 0 Å². The number of nitrogens with zero attached hydrogens (tertiary/aromatic N) is 4. The van der Waals surface area contributed by atoms with Crippen LogP contribution in [0.15, 0.2) is 48.7 Å². The average molecular weight is 250 g/mol. The second kappa shape index (κ2) is 4.65. The lowest BCUT2D eigenvalue weighted by Crippen LogP contribution is -2.03. The summed E-state index contributed by atoms with van der Waals surface area (Å²) >= 11 is 0. The smallest absolute Gasteiger partial charge is 0.113 e. The van der Waals surface area contributed by atoms with Gasteiger partial charge in [-0.15, -0.1) is 5.10 Å². The third-order valence-corrected chi connectivity index (χ3v) is 3.14. The first-order chi connectivity index (χ1) is 9.31. The van der Waals surface area contributed by atoms with Crippen LogP contribution in [0.5, 0.6) is 0 Å². The second-order valence-corrected chi connectivity index (χ2v) is 4.30. The summed E-state index contributed by atoms with van der Waals surface area (Å²) in [6, 6.07) is 11.9. The molecular weight excluding hydrogens is 236 g/mol. The van der Waals surface area contributed by atoms with Gasteiger partial charge in [0, 0.05) is 17.5 Å². The van der Waals surface area contributed by atoms with Crippen molar-refractivity contribution in [3.8, 4) is 0 Å². The Kier molecular flexibility index (Phi) is 2.83. The summed E-state index contributed by atoms with van der Waals surface area (Å²) in [6.07, 6.45) is 3.83. The monoisotopic (exact) mass is 250 g/mol. The molecule has 0 fully saturated rings. The van der Waals surface area contributed by atoms with Crippen molar-refractivity contribution in [1.29, 1.82) is 0 Å². The number of hydrogen-bond acceptors (Lipinski definition) is 3. The zero-order valence-electron chi connectivity index (χ0n) is 10.9. The van der Waals surface area contributed by atoms with Gasteiger partial charge in [0.25, 0.3) is 0 Å². The van der Waals surface area contributed by atoms with Crippen LogP contribution in [0.4, 0.5) is 0 Å². The van der Waals surface area contributed by atoms with Crippen molar-refractivity contribution in [2.45, 2.75) is 13.8 Å². The molecule has 19 heavy (non-hydrogen) atoms. The van der Waals surface area contributed by atoms with Crippen LogP contribution in [0.3, 0.4) is 0 Å². The number of benzene rings is 1. The molecular formula is C15H14N4. The average Bonchev–Trinajstić information content (AvgIpc) is 2.86. The molecule has 0 spiro atoms. The number of aryl methyl sites for hydroxylation is 1. The Labute approximate surface area is 111 Å². The summed E-state index contributed by atoms with van der Waals surface area (Å²) in [5.41, 5.74) is 4.94. The van der Waals surface area contributed by atoms with Gasteiger partial charge < -0.3 is 0 Å². The Bertz CT molecular complexity index is 755. The summed E-state index contributed by atoms with van der Waals surface area (Å²) in [6.45, 7) is 4.00. The van der Waals surface area contributed by atoms with Crippen LogP contribution >= 0.6 is 0 Å². The van der Waals surface area contributed by atoms with E-state index in [2.05, 4.69) is 15.3 Å². The third kappa shape index (κ3) is 1.91. The first-order valence-corrected chi connectivity index (χ1v) is 6.20. The van der Waals surface area contributed by atoms with E-state index >= 15 is 0 Å². The molecule has 0 N–H and O–H groups in total. The highest BCUT2D eigenvalue weighted by Gasteiger charge is 2.11. The summed E-state index contributed by atoms with van der Waals surface area (Å²) in [5, 5.41) is 8.45. The Balaban J connectivity index is 2.22. The van der Waals surface area contributed by atoms with Crippen LogP contribution in [-0.4, -0.2) is 20.0 Å². The fourth-order valence-electron chi connectivity index (χ4n) is 2.19. The van der Waals surface area contributed by atoms with Crippen molar-refractivity contribution in [2.75, 3.05) is 0 Å². The largest absolute Gasteiger partial charge is 0.261 e. The first kappa shape index (κ1) is 11.6. The topological polar surface area (TPSA) is 43.6 Å². The van der Waals surface area contributed by atoms with Crippen LogP contribution in [0.25, 0.3) is 16.7 Å². The molecule has 2 aromatic heterocycles. The van der Waals surface area contributed by atoms with Crippen LogP contribution in [-0.2, 0) is 0 Å². The summed E-state index contributed by atoms with van der Waals surface area (Å²) in [4.78, 5) is 4.34. The van der Waals surface area contributed by atoms with E-state index in [4.69, 9.17) is 0 Å². The van der Waals surface area contributed by atoms with E-state index in [1.165, 1.54) is 0 Å². The van der Waals surface area contributed by atoms with Crippen LogP contribution in [0, 0.1) is 6.92 Å². The minimum absolute atomic E-state index is 0.892. The summed E-state index contributed by atoms with van der Waals surface area (Å²) in [7, 11) is 0. The molecule has 94 valence electrons. The molecule has 0 unspecified atom stereocenters. The number of para-hydroxylation sites is 1. The molecule has 0 amide bonds. The Morgan fingerprint density at radius 3 is 2.79 bits per heavy atom. The van der Waals surface area contributed by atoms with E-state index in [1.807, 2.05) is 61.0 Å². The van der Waals surface area contributed by atoms with E-state index in [0.717, 1.165) is 28.0 Å². The number of aromatic nitrogens is 4. The maximum atomic E-state index is 4.34. The lowest BCUT2D eigenvalue weighted by molar-refractivity contribution is 0.837. The molecule has 1 aromatic carbocycles. The molecule has 0 aliphatic rings. The van der Waals surface area contributed by atoms with Crippen molar-refractivity contribution in [3.05, 3.63) is 59.9 Å². The van der Waals surface area contributed by atoms with Crippen LogP contribution < -0.4 is 0 Å². The quantitative estimate of drug-likeness (QED) is 0.702. The molecule has 0 saturated carbocycles. The van der Waals surface area contributed by atoms with Crippen molar-refractivity contribution < 1.29 is 0 Å². The molecule has 0 aliphatic heterocycles. The van der Waals surface area contributed by atoms with Gasteiger partial charge >= 0.3 is 0 Å². The van der Waals surface area contributed by atoms with Gasteiger partial charge in [-0.25, -0.2) is 4.68 Å². The van der Waals surface area contributed by atoms with Gasteiger partial charge in [0.05, 0.1) is 11.2 Å². The lowest BCUT2D eigenvalue weighted by Gasteiger charge is -2.10. The van der Waals surface area contributed by atoms with E-state index in [1.54, 1.807) is 6.20 Å². The third-order valence-electron chi connectivity index (χ3n) is 3.14. The molecule has 0 atom stereocenters. The van der Waals surface area contributed by atoms with Crippen molar-refractivity contribution >= 4 is 16.7 Å². The minimum atomic E-state index is 0.892. The Hall–Kier alpha value is -2.49.